The lowest BCUT2D eigenvalue weighted by atomic mass is 10.2. The van der Waals surface area contributed by atoms with Crippen molar-refractivity contribution in [2.75, 3.05) is 25.0 Å². The van der Waals surface area contributed by atoms with Gasteiger partial charge in [-0.15, -0.1) is 0 Å². The monoisotopic (exact) mass is 262 g/mol. The summed E-state index contributed by atoms with van der Waals surface area (Å²) < 4.78 is 0. The van der Waals surface area contributed by atoms with Crippen LogP contribution in [0.1, 0.15) is 38.7 Å². The first-order valence-electron chi connectivity index (χ1n) is 7.24. The average Bonchev–Trinajstić information content (AvgIpc) is 2.39. The van der Waals surface area contributed by atoms with Gasteiger partial charge in [-0.25, -0.2) is 0 Å². The van der Waals surface area contributed by atoms with E-state index in [0.717, 1.165) is 38.2 Å². The maximum Gasteiger partial charge on any atom is 0.225 e. The summed E-state index contributed by atoms with van der Waals surface area (Å²) in [4.78, 5) is 14.2. The van der Waals surface area contributed by atoms with Crippen LogP contribution in [0.2, 0.25) is 0 Å². The molecule has 1 amide bonds. The molecule has 1 aromatic carbocycles. The van der Waals surface area contributed by atoms with E-state index in [9.17, 15) is 4.79 Å². The minimum absolute atomic E-state index is 0.0982. The van der Waals surface area contributed by atoms with Crippen molar-refractivity contribution in [3.8, 4) is 0 Å². The van der Waals surface area contributed by atoms with E-state index in [2.05, 4.69) is 24.1 Å². The first kappa shape index (κ1) is 15.7. The molecule has 0 spiro atoms. The van der Waals surface area contributed by atoms with Crippen LogP contribution in [0.15, 0.2) is 24.3 Å². The van der Waals surface area contributed by atoms with Crippen LogP contribution in [-0.4, -0.2) is 30.4 Å². The van der Waals surface area contributed by atoms with Gasteiger partial charge in [0, 0.05) is 18.7 Å². The minimum atomic E-state index is 0.0982. The van der Waals surface area contributed by atoms with Crippen LogP contribution in [0.4, 0.5) is 5.69 Å². The summed E-state index contributed by atoms with van der Waals surface area (Å²) in [5.74, 6) is 0.0982. The van der Waals surface area contributed by atoms with Gasteiger partial charge in [0.1, 0.15) is 0 Å². The molecular formula is C16H26N2O. The molecule has 1 rings (SSSR count). The van der Waals surface area contributed by atoms with Crippen molar-refractivity contribution >= 4 is 11.6 Å². The Morgan fingerprint density at radius 2 is 1.63 bits per heavy atom. The zero-order valence-electron chi connectivity index (χ0n) is 12.4. The van der Waals surface area contributed by atoms with Crippen molar-refractivity contribution < 1.29 is 4.79 Å². The highest BCUT2D eigenvalue weighted by molar-refractivity contribution is 5.90. The molecule has 0 bridgehead atoms. The highest BCUT2D eigenvalue weighted by atomic mass is 16.1. The van der Waals surface area contributed by atoms with Gasteiger partial charge in [0.25, 0.3) is 0 Å². The van der Waals surface area contributed by atoms with Gasteiger partial charge < -0.3 is 10.2 Å². The predicted octanol–water partition coefficient (Wildman–Crippen LogP) is 3.45. The molecule has 106 valence electrons. The van der Waals surface area contributed by atoms with Crippen molar-refractivity contribution in [1.82, 2.24) is 4.90 Å². The lowest BCUT2D eigenvalue weighted by Gasteiger charge is -2.20. The number of aryl methyl sites for hydroxylation is 1. The van der Waals surface area contributed by atoms with Crippen LogP contribution < -0.4 is 5.32 Å². The van der Waals surface area contributed by atoms with Gasteiger partial charge in [-0.05, 0) is 45.0 Å². The summed E-state index contributed by atoms with van der Waals surface area (Å²) in [5, 5.41) is 2.94. The SMILES string of the molecule is CCCN(CCC)CCC(=O)Nc1ccc(C)cc1. The van der Waals surface area contributed by atoms with Gasteiger partial charge in [0.15, 0.2) is 0 Å². The Morgan fingerprint density at radius 3 is 2.16 bits per heavy atom. The summed E-state index contributed by atoms with van der Waals surface area (Å²) in [6.07, 6.45) is 2.84. The zero-order valence-corrected chi connectivity index (χ0v) is 12.4. The van der Waals surface area contributed by atoms with E-state index < -0.39 is 0 Å². The van der Waals surface area contributed by atoms with Crippen LogP contribution in [0, 0.1) is 6.92 Å². The standard InChI is InChI=1S/C16H26N2O/c1-4-11-18(12-5-2)13-10-16(19)17-15-8-6-14(3)7-9-15/h6-9H,4-5,10-13H2,1-3H3,(H,17,19). The molecule has 0 fully saturated rings. The van der Waals surface area contributed by atoms with Gasteiger partial charge >= 0.3 is 0 Å². The van der Waals surface area contributed by atoms with E-state index in [1.54, 1.807) is 0 Å². The van der Waals surface area contributed by atoms with E-state index in [-0.39, 0.29) is 5.91 Å². The van der Waals surface area contributed by atoms with Gasteiger partial charge in [0.2, 0.25) is 5.91 Å². The Morgan fingerprint density at radius 1 is 1.05 bits per heavy atom. The molecule has 0 heterocycles. The number of carbonyl (C=O) groups is 1. The second kappa shape index (κ2) is 8.70. The maximum absolute atomic E-state index is 11.9. The zero-order chi connectivity index (χ0) is 14.1. The van der Waals surface area contributed by atoms with Gasteiger partial charge in [0.05, 0.1) is 0 Å². The number of nitrogens with one attached hydrogen (secondary N) is 1. The largest absolute Gasteiger partial charge is 0.326 e. The third kappa shape index (κ3) is 6.39. The second-order valence-corrected chi connectivity index (χ2v) is 5.01. The summed E-state index contributed by atoms with van der Waals surface area (Å²) in [7, 11) is 0. The Labute approximate surface area is 117 Å². The molecular weight excluding hydrogens is 236 g/mol. The molecule has 0 aliphatic rings. The fraction of sp³-hybridized carbons (Fsp3) is 0.562. The lowest BCUT2D eigenvalue weighted by molar-refractivity contribution is -0.116. The smallest absolute Gasteiger partial charge is 0.225 e. The molecule has 0 aliphatic carbocycles. The van der Waals surface area contributed by atoms with Crippen LogP contribution in [-0.2, 0) is 4.79 Å². The molecule has 0 radical (unpaired) electrons. The van der Waals surface area contributed by atoms with E-state index in [1.165, 1.54) is 5.56 Å². The van der Waals surface area contributed by atoms with Crippen molar-refractivity contribution in [2.45, 2.75) is 40.0 Å². The molecule has 1 N–H and O–H groups in total. The normalized spacial score (nSPS) is 10.7. The third-order valence-electron chi connectivity index (χ3n) is 3.07. The highest BCUT2D eigenvalue weighted by Gasteiger charge is 2.07. The van der Waals surface area contributed by atoms with Crippen molar-refractivity contribution in [3.05, 3.63) is 29.8 Å². The summed E-state index contributed by atoms with van der Waals surface area (Å²) in [5.41, 5.74) is 2.09. The van der Waals surface area contributed by atoms with E-state index in [4.69, 9.17) is 0 Å². The Kier molecular flexibility index (Phi) is 7.19. The maximum atomic E-state index is 11.9. The van der Waals surface area contributed by atoms with Gasteiger partial charge in [-0.3, -0.25) is 4.79 Å². The molecule has 0 saturated heterocycles. The molecule has 0 saturated carbocycles. The quantitative estimate of drug-likeness (QED) is 0.778. The van der Waals surface area contributed by atoms with Gasteiger partial charge in [-0.1, -0.05) is 31.5 Å². The molecule has 1 aromatic rings. The number of amides is 1. The molecule has 0 unspecified atom stereocenters. The van der Waals surface area contributed by atoms with Crippen molar-refractivity contribution in [3.63, 3.8) is 0 Å². The van der Waals surface area contributed by atoms with Crippen molar-refractivity contribution in [2.24, 2.45) is 0 Å². The second-order valence-electron chi connectivity index (χ2n) is 5.01. The summed E-state index contributed by atoms with van der Waals surface area (Å²) >= 11 is 0. The predicted molar refractivity (Wildman–Crippen MR) is 81.4 cm³/mol. The molecule has 3 heteroatoms. The number of carbonyl (C=O) groups excluding carboxylic acids is 1. The molecule has 19 heavy (non-hydrogen) atoms. The number of benzene rings is 1. The first-order valence-corrected chi connectivity index (χ1v) is 7.24. The third-order valence-corrected chi connectivity index (χ3v) is 3.07. The number of rotatable bonds is 8. The summed E-state index contributed by atoms with van der Waals surface area (Å²) in [6, 6.07) is 7.92. The lowest BCUT2D eigenvalue weighted by Crippen LogP contribution is -2.29. The molecule has 0 aliphatic heterocycles. The van der Waals surface area contributed by atoms with E-state index in [0.29, 0.717) is 6.42 Å². The van der Waals surface area contributed by atoms with Crippen LogP contribution in [0.5, 0.6) is 0 Å². The number of hydrogen-bond acceptors (Lipinski definition) is 2. The highest BCUT2D eigenvalue weighted by Crippen LogP contribution is 2.09. The molecule has 0 atom stereocenters. The fourth-order valence-electron chi connectivity index (χ4n) is 2.09. The Bertz CT molecular complexity index is 367. The Hall–Kier alpha value is -1.35. The average molecular weight is 262 g/mol. The van der Waals surface area contributed by atoms with Crippen LogP contribution in [0.25, 0.3) is 0 Å². The van der Waals surface area contributed by atoms with E-state index in [1.807, 2.05) is 31.2 Å². The van der Waals surface area contributed by atoms with Gasteiger partial charge in [-0.2, -0.15) is 0 Å². The topological polar surface area (TPSA) is 32.3 Å². The molecule has 0 aromatic heterocycles. The van der Waals surface area contributed by atoms with E-state index >= 15 is 0 Å². The number of hydrogen-bond donors (Lipinski definition) is 1. The van der Waals surface area contributed by atoms with Crippen LogP contribution in [0.3, 0.4) is 0 Å². The summed E-state index contributed by atoms with van der Waals surface area (Å²) in [6.45, 7) is 9.39. The van der Waals surface area contributed by atoms with Crippen molar-refractivity contribution in [1.29, 1.82) is 0 Å². The molecule has 3 nitrogen and oxygen atoms in total. The number of anilines is 1. The number of nitrogens with zero attached hydrogens (tertiary/aromatic N) is 1. The fourth-order valence-corrected chi connectivity index (χ4v) is 2.09. The first-order chi connectivity index (χ1) is 9.15. The van der Waals surface area contributed by atoms with Crippen LogP contribution >= 0.6 is 0 Å². The minimum Gasteiger partial charge on any atom is -0.326 e. The Balaban J connectivity index is 2.35.